The monoisotopic (exact) mass is 382 g/mol. The maximum Gasteiger partial charge on any atom is 0.316 e. The number of hydrogen-bond acceptors (Lipinski definition) is 5. The number of rotatable bonds is 7. The molecule has 6 nitrogen and oxygen atoms in total. The number of carbonyl (C=O) groups is 3. The van der Waals surface area contributed by atoms with Gasteiger partial charge in [-0.2, -0.15) is 0 Å². The summed E-state index contributed by atoms with van der Waals surface area (Å²) in [4.78, 5) is 39.1. The average molecular weight is 382 g/mol. The Balaban J connectivity index is 1.48. The zero-order chi connectivity index (χ0) is 19.2. The van der Waals surface area contributed by atoms with Gasteiger partial charge in [0.05, 0.1) is 5.75 Å². The molecule has 2 N–H and O–H groups in total. The predicted octanol–water partition coefficient (Wildman–Crippen LogP) is 3.64. The molecule has 7 heteroatoms. The van der Waals surface area contributed by atoms with E-state index in [0.29, 0.717) is 11.3 Å². The van der Waals surface area contributed by atoms with Gasteiger partial charge in [0.1, 0.15) is 0 Å². The van der Waals surface area contributed by atoms with E-state index in [4.69, 9.17) is 4.74 Å². The van der Waals surface area contributed by atoms with E-state index in [-0.39, 0.29) is 24.1 Å². The Kier molecular flexibility index (Phi) is 5.93. The van der Waals surface area contributed by atoms with Gasteiger partial charge in [0.2, 0.25) is 11.7 Å². The van der Waals surface area contributed by atoms with E-state index in [1.807, 2.05) is 24.3 Å². The lowest BCUT2D eigenvalue weighted by Gasteiger charge is -2.05. The summed E-state index contributed by atoms with van der Waals surface area (Å²) in [6.45, 7) is 1.15. The maximum absolute atomic E-state index is 12.3. The third kappa shape index (κ3) is 4.98. The molecule has 3 aromatic rings. The highest BCUT2D eigenvalue weighted by Gasteiger charge is 2.14. The zero-order valence-electron chi connectivity index (χ0n) is 14.7. The molecule has 0 atom stereocenters. The Morgan fingerprint density at radius 1 is 1.07 bits per heavy atom. The van der Waals surface area contributed by atoms with E-state index in [1.165, 1.54) is 18.7 Å². The fourth-order valence-electron chi connectivity index (χ4n) is 2.55. The fourth-order valence-corrected chi connectivity index (χ4v) is 3.24. The number of ketones is 1. The van der Waals surface area contributed by atoms with Gasteiger partial charge in [-0.1, -0.05) is 18.2 Å². The van der Waals surface area contributed by atoms with Gasteiger partial charge in [0.15, 0.2) is 6.61 Å². The summed E-state index contributed by atoms with van der Waals surface area (Å²) in [7, 11) is 0. The average Bonchev–Trinajstić information content (AvgIpc) is 3.09. The number of ether oxygens (including phenoxy) is 1. The summed E-state index contributed by atoms with van der Waals surface area (Å²) in [5.41, 5.74) is 2.07. The van der Waals surface area contributed by atoms with Crippen molar-refractivity contribution in [3.63, 3.8) is 0 Å². The molecule has 0 bridgehead atoms. The minimum absolute atomic E-state index is 0.0979. The Bertz CT molecular complexity index is 979. The van der Waals surface area contributed by atoms with Gasteiger partial charge in [-0.3, -0.25) is 14.4 Å². The van der Waals surface area contributed by atoms with Crippen LogP contribution in [-0.2, 0) is 14.3 Å². The molecule has 27 heavy (non-hydrogen) atoms. The number of anilines is 1. The van der Waals surface area contributed by atoms with Crippen molar-refractivity contribution < 1.29 is 19.1 Å². The highest BCUT2D eigenvalue weighted by Crippen LogP contribution is 2.21. The Morgan fingerprint density at radius 3 is 2.56 bits per heavy atom. The first-order valence-electron chi connectivity index (χ1n) is 8.28. The minimum Gasteiger partial charge on any atom is -0.457 e. The number of aromatic amines is 1. The Labute approximate surface area is 160 Å². The Morgan fingerprint density at radius 2 is 1.81 bits per heavy atom. The molecule has 0 saturated carbocycles. The van der Waals surface area contributed by atoms with Gasteiger partial charge < -0.3 is 15.0 Å². The molecule has 1 aromatic heterocycles. The molecular formula is C20H18N2O4S. The third-order valence-electron chi connectivity index (χ3n) is 3.79. The third-order valence-corrected chi connectivity index (χ3v) is 4.77. The van der Waals surface area contributed by atoms with Crippen molar-refractivity contribution in [3.8, 4) is 0 Å². The number of nitrogens with one attached hydrogen (secondary N) is 2. The van der Waals surface area contributed by atoms with Crippen LogP contribution >= 0.6 is 11.8 Å². The second-order valence-electron chi connectivity index (χ2n) is 5.83. The van der Waals surface area contributed by atoms with E-state index < -0.39 is 5.97 Å². The van der Waals surface area contributed by atoms with Crippen molar-refractivity contribution in [1.29, 1.82) is 0 Å². The SMILES string of the molecule is CC(=O)Nc1ccc(SCC(=O)OCC(=O)c2c[nH]c3ccccc23)cc1. The van der Waals surface area contributed by atoms with E-state index >= 15 is 0 Å². The number of carbonyl (C=O) groups excluding carboxylic acids is 3. The molecule has 0 unspecified atom stereocenters. The molecule has 3 rings (SSSR count). The fraction of sp³-hybridized carbons (Fsp3) is 0.150. The van der Waals surface area contributed by atoms with Gasteiger partial charge in [-0.25, -0.2) is 0 Å². The first kappa shape index (κ1) is 18.7. The molecule has 0 spiro atoms. The van der Waals surface area contributed by atoms with Gasteiger partial charge in [0, 0.05) is 40.2 Å². The van der Waals surface area contributed by atoms with Crippen LogP contribution in [0.1, 0.15) is 17.3 Å². The molecule has 0 saturated heterocycles. The van der Waals surface area contributed by atoms with Crippen LogP contribution in [0.3, 0.4) is 0 Å². The summed E-state index contributed by atoms with van der Waals surface area (Å²) in [6, 6.07) is 14.6. The van der Waals surface area contributed by atoms with Crippen LogP contribution in [0, 0.1) is 0 Å². The van der Waals surface area contributed by atoms with E-state index in [2.05, 4.69) is 10.3 Å². The van der Waals surface area contributed by atoms with Crippen LogP contribution in [0.25, 0.3) is 10.9 Å². The maximum atomic E-state index is 12.3. The van der Waals surface area contributed by atoms with Gasteiger partial charge in [0.25, 0.3) is 0 Å². The number of para-hydroxylation sites is 1. The number of hydrogen-bond donors (Lipinski definition) is 2. The molecule has 138 valence electrons. The van der Waals surface area contributed by atoms with Crippen molar-refractivity contribution in [1.82, 2.24) is 4.98 Å². The zero-order valence-corrected chi connectivity index (χ0v) is 15.5. The minimum atomic E-state index is -0.459. The lowest BCUT2D eigenvalue weighted by atomic mass is 10.1. The number of benzene rings is 2. The molecular weight excluding hydrogens is 364 g/mol. The summed E-state index contributed by atoms with van der Waals surface area (Å²) < 4.78 is 5.09. The number of amides is 1. The molecule has 1 amide bonds. The molecule has 2 aromatic carbocycles. The van der Waals surface area contributed by atoms with Crippen LogP contribution in [0.4, 0.5) is 5.69 Å². The Hall–Kier alpha value is -3.06. The van der Waals surface area contributed by atoms with Crippen molar-refractivity contribution >= 4 is 46.0 Å². The van der Waals surface area contributed by atoms with Crippen LogP contribution in [-0.4, -0.2) is 35.0 Å². The first-order valence-corrected chi connectivity index (χ1v) is 9.27. The van der Waals surface area contributed by atoms with Crippen molar-refractivity contribution in [2.75, 3.05) is 17.7 Å². The van der Waals surface area contributed by atoms with Crippen molar-refractivity contribution in [2.45, 2.75) is 11.8 Å². The summed E-state index contributed by atoms with van der Waals surface area (Å²) >= 11 is 1.30. The van der Waals surface area contributed by atoms with Gasteiger partial charge >= 0.3 is 5.97 Å². The highest BCUT2D eigenvalue weighted by molar-refractivity contribution is 8.00. The number of fused-ring (bicyclic) bond motifs is 1. The lowest BCUT2D eigenvalue weighted by molar-refractivity contribution is -0.139. The van der Waals surface area contributed by atoms with Crippen LogP contribution in [0.15, 0.2) is 59.6 Å². The molecule has 0 aliphatic heterocycles. The lowest BCUT2D eigenvalue weighted by Crippen LogP contribution is -2.15. The standard InChI is InChI=1S/C20H18N2O4S/c1-13(23)22-14-6-8-15(9-7-14)27-12-20(25)26-11-19(24)17-10-21-18-5-3-2-4-16(17)18/h2-10,21H,11-12H2,1H3,(H,22,23). The topological polar surface area (TPSA) is 88.3 Å². The number of esters is 1. The number of aromatic nitrogens is 1. The predicted molar refractivity (Wildman–Crippen MR) is 105 cm³/mol. The number of Topliss-reactive ketones (excluding diaryl/α,β-unsaturated/α-hetero) is 1. The number of H-pyrrole nitrogens is 1. The molecule has 0 aliphatic carbocycles. The van der Waals surface area contributed by atoms with Crippen molar-refractivity contribution in [3.05, 3.63) is 60.3 Å². The normalized spacial score (nSPS) is 10.6. The molecule has 0 fully saturated rings. The summed E-state index contributed by atoms with van der Waals surface area (Å²) in [6.07, 6.45) is 1.63. The van der Waals surface area contributed by atoms with Crippen molar-refractivity contribution in [2.24, 2.45) is 0 Å². The van der Waals surface area contributed by atoms with E-state index in [9.17, 15) is 14.4 Å². The first-order chi connectivity index (χ1) is 13.0. The number of thioether (sulfide) groups is 1. The second-order valence-corrected chi connectivity index (χ2v) is 6.87. The van der Waals surface area contributed by atoms with Crippen LogP contribution in [0.2, 0.25) is 0 Å². The molecule has 0 radical (unpaired) electrons. The van der Waals surface area contributed by atoms with Crippen LogP contribution < -0.4 is 5.32 Å². The highest BCUT2D eigenvalue weighted by atomic mass is 32.2. The quantitative estimate of drug-likeness (QED) is 0.370. The van der Waals surface area contributed by atoms with Gasteiger partial charge in [-0.05, 0) is 30.3 Å². The summed E-state index contributed by atoms with van der Waals surface area (Å²) in [5, 5.41) is 3.49. The molecule has 0 aliphatic rings. The van der Waals surface area contributed by atoms with Crippen LogP contribution in [0.5, 0.6) is 0 Å². The smallest absolute Gasteiger partial charge is 0.316 e. The van der Waals surface area contributed by atoms with E-state index in [0.717, 1.165) is 15.8 Å². The molecule has 1 heterocycles. The summed E-state index contributed by atoms with van der Waals surface area (Å²) in [5.74, 6) is -0.746. The second kappa shape index (κ2) is 8.55. The van der Waals surface area contributed by atoms with E-state index in [1.54, 1.807) is 30.5 Å². The van der Waals surface area contributed by atoms with Gasteiger partial charge in [-0.15, -0.1) is 11.8 Å². The largest absolute Gasteiger partial charge is 0.457 e.